The summed E-state index contributed by atoms with van der Waals surface area (Å²) in [6.07, 6.45) is 0. The fourth-order valence-corrected chi connectivity index (χ4v) is 3.12. The number of hydrogen-bond donors (Lipinski definition) is 1. The summed E-state index contributed by atoms with van der Waals surface area (Å²) in [5.41, 5.74) is 4.14. The van der Waals surface area contributed by atoms with Gasteiger partial charge in [0, 0.05) is 13.1 Å². The lowest BCUT2D eigenvalue weighted by molar-refractivity contribution is 0.122. The first-order valence-electron chi connectivity index (χ1n) is 6.67. The summed E-state index contributed by atoms with van der Waals surface area (Å²) < 4.78 is 6.37. The lowest BCUT2D eigenvalue weighted by atomic mass is 10.3. The van der Waals surface area contributed by atoms with Crippen molar-refractivity contribution in [3.8, 4) is 12.1 Å². The molecule has 0 atom stereocenters. The third kappa shape index (κ3) is 2.98. The van der Waals surface area contributed by atoms with Crippen LogP contribution in [-0.2, 0) is 4.74 Å². The lowest BCUT2D eigenvalue weighted by Crippen LogP contribution is -2.36. The molecule has 7 nitrogen and oxygen atoms in total. The predicted molar refractivity (Wildman–Crippen MR) is 84.9 cm³/mol. The number of morpholine rings is 1. The topological polar surface area (TPSA) is 97.3 Å². The van der Waals surface area contributed by atoms with Gasteiger partial charge >= 0.3 is 0 Å². The van der Waals surface area contributed by atoms with Crippen molar-refractivity contribution in [3.05, 3.63) is 18.2 Å². The molecule has 0 radical (unpaired) electrons. The molecule has 0 unspecified atom stereocenters. The second kappa shape index (κ2) is 6.39. The van der Waals surface area contributed by atoms with E-state index >= 15 is 0 Å². The lowest BCUT2D eigenvalue weighted by Gasteiger charge is -2.25. The van der Waals surface area contributed by atoms with Crippen LogP contribution < -0.4 is 10.3 Å². The van der Waals surface area contributed by atoms with Gasteiger partial charge in [0.2, 0.25) is 5.71 Å². The first kappa shape index (κ1) is 14.3. The van der Waals surface area contributed by atoms with E-state index in [0.29, 0.717) is 5.69 Å². The zero-order chi connectivity index (χ0) is 15.4. The van der Waals surface area contributed by atoms with E-state index in [4.69, 9.17) is 15.3 Å². The number of anilines is 2. The van der Waals surface area contributed by atoms with E-state index in [1.54, 1.807) is 23.5 Å². The quantitative estimate of drug-likeness (QED) is 0.687. The molecule has 1 aromatic carbocycles. The summed E-state index contributed by atoms with van der Waals surface area (Å²) >= 11 is 1.60. The average molecular weight is 312 g/mol. The normalized spacial score (nSPS) is 14.2. The van der Waals surface area contributed by atoms with Gasteiger partial charge in [0.15, 0.2) is 5.13 Å². The van der Waals surface area contributed by atoms with E-state index in [1.165, 1.54) is 0 Å². The van der Waals surface area contributed by atoms with Crippen LogP contribution in [0.5, 0.6) is 0 Å². The van der Waals surface area contributed by atoms with Crippen LogP contribution in [-0.4, -0.2) is 37.0 Å². The van der Waals surface area contributed by atoms with Crippen LogP contribution in [0.3, 0.4) is 0 Å². The van der Waals surface area contributed by atoms with Gasteiger partial charge in [-0.2, -0.15) is 15.6 Å². The smallest absolute Gasteiger partial charge is 0.237 e. The average Bonchev–Trinajstić information content (AvgIpc) is 3.00. The molecule has 0 spiro atoms. The Morgan fingerprint density at radius 2 is 2.09 bits per heavy atom. The fraction of sp³-hybridized carbons (Fsp3) is 0.286. The molecule has 2 heterocycles. The van der Waals surface area contributed by atoms with Crippen LogP contribution >= 0.6 is 11.3 Å². The van der Waals surface area contributed by atoms with Crippen molar-refractivity contribution >= 4 is 38.1 Å². The highest BCUT2D eigenvalue weighted by molar-refractivity contribution is 7.22. The number of nitriles is 2. The number of hydrazone groups is 1. The molecule has 1 aromatic heterocycles. The van der Waals surface area contributed by atoms with Gasteiger partial charge in [0.05, 0.1) is 29.1 Å². The number of benzene rings is 1. The molecule has 22 heavy (non-hydrogen) atoms. The zero-order valence-corrected chi connectivity index (χ0v) is 12.4. The number of aromatic nitrogens is 1. The van der Waals surface area contributed by atoms with E-state index in [1.807, 2.05) is 18.2 Å². The van der Waals surface area contributed by atoms with Gasteiger partial charge in [-0.3, -0.25) is 5.43 Å². The SMILES string of the molecule is N#CC(C#N)=NNc1ccc2nc(N3CCOCC3)sc2c1. The monoisotopic (exact) mass is 312 g/mol. The number of fused-ring (bicyclic) bond motifs is 1. The molecular formula is C14H12N6OS. The van der Waals surface area contributed by atoms with Crippen LogP contribution in [0.25, 0.3) is 10.2 Å². The van der Waals surface area contributed by atoms with Crippen LogP contribution in [0.2, 0.25) is 0 Å². The number of thiazole rings is 1. The van der Waals surface area contributed by atoms with Gasteiger partial charge in [-0.25, -0.2) is 4.98 Å². The molecule has 0 aliphatic carbocycles. The van der Waals surface area contributed by atoms with Crippen molar-refractivity contribution in [2.45, 2.75) is 0 Å². The fourth-order valence-electron chi connectivity index (χ4n) is 2.07. The number of nitrogens with zero attached hydrogens (tertiary/aromatic N) is 5. The standard InChI is InChI=1S/C14H12N6OS/c15-8-11(9-16)19-18-10-1-2-12-13(7-10)22-14(17-12)20-3-5-21-6-4-20/h1-2,7,18H,3-6H2. The predicted octanol–water partition coefficient (Wildman–Crippen LogP) is 1.95. The summed E-state index contributed by atoms with van der Waals surface area (Å²) in [4.78, 5) is 6.84. The van der Waals surface area contributed by atoms with Gasteiger partial charge in [-0.15, -0.1) is 0 Å². The van der Waals surface area contributed by atoms with Crippen LogP contribution in [0.15, 0.2) is 23.3 Å². The summed E-state index contributed by atoms with van der Waals surface area (Å²) in [6, 6.07) is 9.03. The largest absolute Gasteiger partial charge is 0.378 e. The molecule has 0 saturated carbocycles. The Morgan fingerprint density at radius 3 is 2.82 bits per heavy atom. The van der Waals surface area contributed by atoms with Crippen molar-refractivity contribution in [1.29, 1.82) is 10.5 Å². The Bertz CT molecular complexity index is 778. The van der Waals surface area contributed by atoms with Gasteiger partial charge < -0.3 is 9.64 Å². The van der Waals surface area contributed by atoms with Gasteiger partial charge in [-0.05, 0) is 18.2 Å². The number of hydrogen-bond acceptors (Lipinski definition) is 8. The number of ether oxygens (including phenoxy) is 1. The Morgan fingerprint density at radius 1 is 1.32 bits per heavy atom. The Balaban J connectivity index is 1.83. The van der Waals surface area contributed by atoms with Crippen LogP contribution in [0.1, 0.15) is 0 Å². The second-order valence-electron chi connectivity index (χ2n) is 4.57. The summed E-state index contributed by atoms with van der Waals surface area (Å²) in [5, 5.41) is 22.0. The third-order valence-corrected chi connectivity index (χ3v) is 4.25. The van der Waals surface area contributed by atoms with E-state index in [2.05, 4.69) is 20.4 Å². The van der Waals surface area contributed by atoms with Crippen molar-refractivity contribution in [3.63, 3.8) is 0 Å². The minimum absolute atomic E-state index is 0.210. The Hall–Kier alpha value is -2.68. The third-order valence-electron chi connectivity index (χ3n) is 3.17. The van der Waals surface area contributed by atoms with E-state index in [-0.39, 0.29) is 5.71 Å². The minimum Gasteiger partial charge on any atom is -0.378 e. The maximum atomic E-state index is 8.66. The second-order valence-corrected chi connectivity index (χ2v) is 5.58. The van der Waals surface area contributed by atoms with Crippen LogP contribution in [0.4, 0.5) is 10.8 Å². The molecular weight excluding hydrogens is 300 g/mol. The van der Waals surface area contributed by atoms with E-state index in [0.717, 1.165) is 41.7 Å². The maximum absolute atomic E-state index is 8.66. The molecule has 0 bridgehead atoms. The molecule has 110 valence electrons. The van der Waals surface area contributed by atoms with Crippen molar-refractivity contribution < 1.29 is 4.74 Å². The molecule has 3 rings (SSSR count). The van der Waals surface area contributed by atoms with Gasteiger partial charge in [0.1, 0.15) is 12.1 Å². The maximum Gasteiger partial charge on any atom is 0.237 e. The van der Waals surface area contributed by atoms with E-state index in [9.17, 15) is 0 Å². The first-order chi connectivity index (χ1) is 10.8. The first-order valence-corrected chi connectivity index (χ1v) is 7.49. The van der Waals surface area contributed by atoms with Crippen molar-refractivity contribution in [2.75, 3.05) is 36.6 Å². The number of nitrogens with one attached hydrogen (secondary N) is 1. The summed E-state index contributed by atoms with van der Waals surface area (Å²) in [6.45, 7) is 3.15. The van der Waals surface area contributed by atoms with E-state index < -0.39 is 0 Å². The molecule has 1 fully saturated rings. The Labute approximate surface area is 131 Å². The Kier molecular flexibility index (Phi) is 4.15. The number of rotatable bonds is 3. The van der Waals surface area contributed by atoms with Crippen LogP contribution in [0, 0.1) is 22.7 Å². The molecule has 1 saturated heterocycles. The summed E-state index contributed by atoms with van der Waals surface area (Å²) in [5.74, 6) is 0. The zero-order valence-electron chi connectivity index (χ0n) is 11.6. The highest BCUT2D eigenvalue weighted by Crippen LogP contribution is 2.31. The molecule has 8 heteroatoms. The highest BCUT2D eigenvalue weighted by Gasteiger charge is 2.15. The minimum atomic E-state index is -0.210. The molecule has 1 aliphatic heterocycles. The molecule has 2 aromatic rings. The molecule has 1 N–H and O–H groups in total. The van der Waals surface area contributed by atoms with Crippen molar-refractivity contribution in [2.24, 2.45) is 5.10 Å². The molecule has 1 aliphatic rings. The summed E-state index contributed by atoms with van der Waals surface area (Å²) in [7, 11) is 0. The highest BCUT2D eigenvalue weighted by atomic mass is 32.1. The van der Waals surface area contributed by atoms with Gasteiger partial charge in [-0.1, -0.05) is 11.3 Å². The molecule has 0 amide bonds. The van der Waals surface area contributed by atoms with Crippen molar-refractivity contribution in [1.82, 2.24) is 4.98 Å². The van der Waals surface area contributed by atoms with Gasteiger partial charge in [0.25, 0.3) is 0 Å².